The fourth-order valence-electron chi connectivity index (χ4n) is 8.03. The third-order valence-corrected chi connectivity index (χ3v) is 14.9. The van der Waals surface area contributed by atoms with E-state index in [1.54, 1.807) is 0 Å². The van der Waals surface area contributed by atoms with Gasteiger partial charge in [-0.2, -0.15) is 0 Å². The number of nitrogens with one attached hydrogen (secondary N) is 3. The summed E-state index contributed by atoms with van der Waals surface area (Å²) in [5.41, 5.74) is 4.22. The normalized spacial score (nSPS) is 13.4. The van der Waals surface area contributed by atoms with Crippen LogP contribution < -0.4 is 36.4 Å². The predicted octanol–water partition coefficient (Wildman–Crippen LogP) is 4.87. The first-order chi connectivity index (χ1) is 45.2. The summed E-state index contributed by atoms with van der Waals surface area (Å²) in [6.45, 7) is 11.5. The number of likely N-dealkylation sites (N-methyl/N-ethyl adjacent to an activating group) is 2. The number of nitrogens with zero attached hydrogens (tertiary/aromatic N) is 18. The second-order valence-corrected chi connectivity index (χ2v) is 22.4. The summed E-state index contributed by atoms with van der Waals surface area (Å²) in [5, 5.41) is 62.1. The van der Waals surface area contributed by atoms with Crippen LogP contribution in [-0.2, 0) is 4.74 Å². The molecule has 0 aromatic carbocycles. The van der Waals surface area contributed by atoms with E-state index >= 15 is 0 Å². The highest BCUT2D eigenvalue weighted by Crippen LogP contribution is 2.30. The zero-order chi connectivity index (χ0) is 70.3. The fourth-order valence-corrected chi connectivity index (χ4v) is 9.66. The SMILES string of the molecule is CN(C)CCCNc1ncnc(C(=O)O)c1Cl.CN(C)CCNc1ncnc(C(=O)O)c1Cl.CN1CCN(c2ncnc(C(=O)O)c2Cl)CC1.NCCNc1ncnc(C(=O)O)c1Cl.O=C(O)c1ncnc(N2CCCC2)c1Cl.O=C(O)c1ncnc(N2CCOCC2)c1Cl. The summed E-state index contributed by atoms with van der Waals surface area (Å²) >= 11 is 35.3. The van der Waals surface area contributed by atoms with Crippen LogP contribution in [0.3, 0.4) is 0 Å². The Morgan fingerprint density at radius 2 is 0.716 bits per heavy atom. The number of nitrogens with two attached hydrogens (primary N) is 1. The van der Waals surface area contributed by atoms with Gasteiger partial charge in [-0.3, -0.25) is 0 Å². The molecule has 0 saturated carbocycles. The van der Waals surface area contributed by atoms with Crippen LogP contribution >= 0.6 is 69.6 Å². The minimum absolute atomic E-state index is 0.00606. The average Bonchev–Trinajstić information content (AvgIpc) is 1.80. The van der Waals surface area contributed by atoms with Gasteiger partial charge < -0.3 is 86.5 Å². The van der Waals surface area contributed by atoms with Crippen LogP contribution in [0.4, 0.5) is 34.9 Å². The van der Waals surface area contributed by atoms with Crippen LogP contribution in [0, 0.1) is 0 Å². The Hall–Kier alpha value is -8.36. The largest absolute Gasteiger partial charge is 0.476 e. The highest BCUT2D eigenvalue weighted by molar-refractivity contribution is 6.37. The quantitative estimate of drug-likeness (QED) is 0.0430. The number of aromatic nitrogens is 12. The van der Waals surface area contributed by atoms with Crippen molar-refractivity contribution >= 4 is 140 Å². The number of ether oxygens (including phenoxy) is 1. The number of rotatable bonds is 21. The van der Waals surface area contributed by atoms with E-state index in [2.05, 4.69) is 85.6 Å². The van der Waals surface area contributed by atoms with Crippen LogP contribution in [0.1, 0.15) is 82.2 Å². The van der Waals surface area contributed by atoms with Crippen molar-refractivity contribution in [2.24, 2.45) is 5.73 Å². The number of anilines is 6. The Kier molecular flexibility index (Phi) is 34.0. The molecule has 35 nitrogen and oxygen atoms in total. The molecule has 9 rings (SSSR count). The van der Waals surface area contributed by atoms with Gasteiger partial charge in [-0.15, -0.1) is 0 Å². The summed E-state index contributed by atoms with van der Waals surface area (Å²) in [5.74, 6) is -4.44. The number of piperazine rings is 1. The van der Waals surface area contributed by atoms with Crippen molar-refractivity contribution in [1.82, 2.24) is 74.5 Å². The highest BCUT2D eigenvalue weighted by atomic mass is 35.5. The third-order valence-electron chi connectivity index (χ3n) is 12.8. The van der Waals surface area contributed by atoms with E-state index in [9.17, 15) is 28.8 Å². The van der Waals surface area contributed by atoms with E-state index in [0.717, 1.165) is 77.9 Å². The number of halogens is 6. The van der Waals surface area contributed by atoms with Crippen molar-refractivity contribution in [3.63, 3.8) is 0 Å². The number of hydrogen-bond acceptors (Lipinski definition) is 29. The van der Waals surface area contributed by atoms with Gasteiger partial charge >= 0.3 is 35.8 Å². The van der Waals surface area contributed by atoms with Crippen LogP contribution in [-0.4, -0.2) is 281 Å². The number of carbonyl (C=O) groups is 6. The fraction of sp³-hybridized carbons (Fsp3) is 0.444. The van der Waals surface area contributed by atoms with Gasteiger partial charge in [0, 0.05) is 85.1 Å². The maximum Gasteiger partial charge on any atom is 0.356 e. The average molecular weight is 1450 g/mol. The van der Waals surface area contributed by atoms with Crippen LogP contribution in [0.25, 0.3) is 0 Å². The Bertz CT molecular complexity index is 3520. The van der Waals surface area contributed by atoms with Crippen molar-refractivity contribution < 1.29 is 64.1 Å². The van der Waals surface area contributed by atoms with Crippen molar-refractivity contribution in [1.29, 1.82) is 0 Å². The van der Waals surface area contributed by atoms with E-state index in [1.807, 2.05) is 54.8 Å². The molecule has 41 heteroatoms. The summed E-state index contributed by atoms with van der Waals surface area (Å²) in [6, 6.07) is 0. The van der Waals surface area contributed by atoms with E-state index in [1.165, 1.54) is 31.6 Å². The Morgan fingerprint density at radius 1 is 0.421 bits per heavy atom. The molecule has 0 amide bonds. The molecule has 0 atom stereocenters. The molecule has 3 aliphatic rings. The Morgan fingerprint density at radius 3 is 1.04 bits per heavy atom. The first-order valence-electron chi connectivity index (χ1n) is 28.3. The number of hydrogen-bond donors (Lipinski definition) is 10. The number of aromatic carboxylic acids is 6. The van der Waals surface area contributed by atoms with Crippen molar-refractivity contribution in [2.75, 3.05) is 171 Å². The standard InChI is InChI=1S/C10H13ClN4O2.C10H15ClN4O2.C9H13ClN4O2.C9H10ClN3O3.C9H10ClN3O2.C7H9ClN4O2/c1-14-2-4-15(5-3-14)9-7(11)8(10(16)17)12-6-13-9;1-15(2)5-3-4-12-9-7(11)8(10(16)17)13-6-14-9;1-14(2)4-3-11-8-6(10)7(9(15)16)12-5-13-8;10-6-7(9(14)15)11-5-12-8(6)13-1-3-16-4-2-13;10-6-7(9(14)15)11-5-12-8(6)13-3-1-2-4-13;8-4-5(7(13)14)11-3-12-6(4)10-2-1-9/h6H,2-5H2,1H3,(H,16,17);6H,3-5H2,1-2H3,(H,16,17)(H,12,13,14);5H,3-4H2,1-2H3,(H,15,16)(H,11,12,13);5H,1-4H2,(H,14,15);5H,1-4H2,(H,14,15);3H,1-2,9H2,(H,13,14)(H,10,11,12). The number of morpholine rings is 1. The predicted molar refractivity (Wildman–Crippen MR) is 354 cm³/mol. The van der Waals surface area contributed by atoms with E-state index in [-0.39, 0.29) is 70.1 Å². The van der Waals surface area contributed by atoms with Crippen molar-refractivity contribution in [3.8, 4) is 0 Å². The lowest BCUT2D eigenvalue weighted by Crippen LogP contribution is -2.45. The summed E-state index contributed by atoms with van der Waals surface area (Å²) < 4.78 is 5.19. The molecule has 95 heavy (non-hydrogen) atoms. The molecular formula is C54H70Cl6N22O13. The number of carboxylic acids is 6. The zero-order valence-electron chi connectivity index (χ0n) is 51.8. The maximum atomic E-state index is 10.9. The Balaban J connectivity index is 0.000000243. The lowest BCUT2D eigenvalue weighted by molar-refractivity contribution is 0.0679. The molecule has 3 aliphatic heterocycles. The lowest BCUT2D eigenvalue weighted by atomic mass is 10.3. The molecule has 9 heterocycles. The third kappa shape index (κ3) is 25.4. The van der Waals surface area contributed by atoms with Gasteiger partial charge in [-0.1, -0.05) is 69.6 Å². The Labute approximate surface area is 574 Å². The molecule has 3 saturated heterocycles. The first-order valence-corrected chi connectivity index (χ1v) is 30.6. The van der Waals surface area contributed by atoms with Crippen LogP contribution in [0.2, 0.25) is 30.1 Å². The molecule has 0 spiro atoms. The van der Waals surface area contributed by atoms with E-state index in [4.69, 9.17) is 111 Å². The molecule has 6 aromatic rings. The molecule has 0 radical (unpaired) electrons. The van der Waals surface area contributed by atoms with Crippen molar-refractivity contribution in [3.05, 3.63) is 102 Å². The second-order valence-electron chi connectivity index (χ2n) is 20.2. The van der Waals surface area contributed by atoms with E-state index in [0.29, 0.717) is 81.6 Å². The topological polar surface area (TPSA) is 469 Å². The summed E-state index contributed by atoms with van der Waals surface area (Å²) in [6.07, 6.45) is 10.3. The molecule has 6 aromatic heterocycles. The summed E-state index contributed by atoms with van der Waals surface area (Å²) in [4.78, 5) is 122. The van der Waals surface area contributed by atoms with Crippen LogP contribution in [0.5, 0.6) is 0 Å². The second kappa shape index (κ2) is 40.8. The molecule has 0 aliphatic carbocycles. The molecule has 0 unspecified atom stereocenters. The van der Waals surface area contributed by atoms with Gasteiger partial charge in [0.25, 0.3) is 0 Å². The smallest absolute Gasteiger partial charge is 0.356 e. The minimum Gasteiger partial charge on any atom is -0.476 e. The van der Waals surface area contributed by atoms with Crippen molar-refractivity contribution in [2.45, 2.75) is 19.3 Å². The van der Waals surface area contributed by atoms with Gasteiger partial charge in [0.05, 0.1) is 13.2 Å². The molecular weight excluding hydrogens is 1380 g/mol. The first kappa shape index (κ1) is 79.1. The molecule has 516 valence electrons. The molecule has 11 N–H and O–H groups in total. The number of carboxylic acid groups (broad SMARTS) is 6. The van der Waals surface area contributed by atoms with Crippen LogP contribution in [0.15, 0.2) is 38.0 Å². The maximum absolute atomic E-state index is 10.9. The highest BCUT2D eigenvalue weighted by Gasteiger charge is 2.25. The van der Waals surface area contributed by atoms with Gasteiger partial charge in [-0.05, 0) is 61.0 Å². The van der Waals surface area contributed by atoms with Gasteiger partial charge in [-0.25, -0.2) is 88.6 Å². The molecule has 0 bridgehead atoms. The molecule has 3 fully saturated rings. The van der Waals surface area contributed by atoms with E-state index < -0.39 is 35.8 Å². The zero-order valence-corrected chi connectivity index (χ0v) is 56.4. The summed E-state index contributed by atoms with van der Waals surface area (Å²) in [7, 11) is 9.89. The van der Waals surface area contributed by atoms with Gasteiger partial charge in [0.2, 0.25) is 0 Å². The minimum atomic E-state index is -1.19. The van der Waals surface area contributed by atoms with Gasteiger partial charge in [0.1, 0.15) is 85.6 Å². The van der Waals surface area contributed by atoms with Gasteiger partial charge in [0.15, 0.2) is 51.6 Å². The lowest BCUT2D eigenvalue weighted by Gasteiger charge is -2.33. The monoisotopic (exact) mass is 1440 g/mol.